The van der Waals surface area contributed by atoms with Gasteiger partial charge in [0.05, 0.1) is 16.7 Å². The molecule has 0 spiro atoms. The van der Waals surface area contributed by atoms with Crippen molar-refractivity contribution in [3.63, 3.8) is 0 Å². The molecule has 1 fully saturated rings. The number of benzene rings is 1. The molecular formula is C26H32N2O10. The molecule has 206 valence electrons. The van der Waals surface area contributed by atoms with Gasteiger partial charge < -0.3 is 33.7 Å². The maximum absolute atomic E-state index is 12.6. The van der Waals surface area contributed by atoms with Crippen LogP contribution in [0.5, 0.6) is 11.5 Å². The zero-order valence-corrected chi connectivity index (χ0v) is 22.1. The van der Waals surface area contributed by atoms with Gasteiger partial charge in [0, 0.05) is 11.5 Å². The third-order valence-electron chi connectivity index (χ3n) is 6.79. The fourth-order valence-corrected chi connectivity index (χ4v) is 4.32. The summed E-state index contributed by atoms with van der Waals surface area (Å²) in [5.41, 5.74) is 0.870. The molecule has 2 heterocycles. The van der Waals surface area contributed by atoms with Crippen LogP contribution in [0.3, 0.4) is 0 Å². The predicted octanol–water partition coefficient (Wildman–Crippen LogP) is 2.74. The zero-order chi connectivity index (χ0) is 28.2. The van der Waals surface area contributed by atoms with Crippen molar-refractivity contribution in [2.45, 2.75) is 65.1 Å². The van der Waals surface area contributed by atoms with Crippen molar-refractivity contribution >= 4 is 22.8 Å². The van der Waals surface area contributed by atoms with E-state index in [9.17, 15) is 19.8 Å². The van der Waals surface area contributed by atoms with Crippen molar-refractivity contribution < 1.29 is 43.3 Å². The van der Waals surface area contributed by atoms with Crippen molar-refractivity contribution in [2.24, 2.45) is 11.1 Å². The lowest BCUT2D eigenvalue weighted by molar-refractivity contribution is -0.290. The van der Waals surface area contributed by atoms with Crippen LogP contribution in [0.2, 0.25) is 0 Å². The summed E-state index contributed by atoms with van der Waals surface area (Å²) in [6.45, 7) is 8.46. The quantitative estimate of drug-likeness (QED) is 0.152. The van der Waals surface area contributed by atoms with Gasteiger partial charge in [-0.1, -0.05) is 24.9 Å². The number of hydrogen-bond acceptors (Lipinski definition) is 11. The second kappa shape index (κ2) is 11.7. The van der Waals surface area contributed by atoms with Crippen LogP contribution in [0.25, 0.3) is 11.0 Å². The van der Waals surface area contributed by atoms with Gasteiger partial charge in [-0.3, -0.25) is 4.84 Å². The number of aryl methyl sites for hydroxylation is 1. The van der Waals surface area contributed by atoms with Gasteiger partial charge in [0.2, 0.25) is 6.29 Å². The average Bonchev–Trinajstić information content (AvgIpc) is 2.87. The molecule has 1 saturated heterocycles. The lowest BCUT2D eigenvalue weighted by atomic mass is 9.79. The highest BCUT2D eigenvalue weighted by molar-refractivity contribution is 6.04. The second-order valence-corrected chi connectivity index (χ2v) is 9.05. The molecule has 1 aliphatic heterocycles. The minimum atomic E-state index is -1.39. The number of nitrogens with one attached hydrogen (secondary N) is 1. The molecule has 5 atom stereocenters. The SMILES string of the molecule is C#CCONC(=O)O[C@@H]1[C@@H](C)[C@](C)(CC)OC(Oc2ccc3c(O)c(/C(C)=N/OC)c(=O)oc3c2C)[C@@H]1O. The summed E-state index contributed by atoms with van der Waals surface area (Å²) in [6.07, 6.45) is 0.999. The van der Waals surface area contributed by atoms with E-state index in [1.807, 2.05) is 13.8 Å². The van der Waals surface area contributed by atoms with Crippen molar-refractivity contribution in [1.29, 1.82) is 0 Å². The molecule has 12 nitrogen and oxygen atoms in total. The van der Waals surface area contributed by atoms with Crippen LogP contribution in [0, 0.1) is 25.2 Å². The van der Waals surface area contributed by atoms with Gasteiger partial charge in [-0.2, -0.15) is 5.48 Å². The molecule has 3 rings (SSSR count). The van der Waals surface area contributed by atoms with Crippen molar-refractivity contribution in [3.8, 4) is 23.8 Å². The number of oxime groups is 1. The van der Waals surface area contributed by atoms with Gasteiger partial charge in [-0.05, 0) is 39.3 Å². The summed E-state index contributed by atoms with van der Waals surface area (Å²) >= 11 is 0. The summed E-state index contributed by atoms with van der Waals surface area (Å²) in [5.74, 6) is 1.67. The van der Waals surface area contributed by atoms with E-state index in [2.05, 4.69) is 16.6 Å². The van der Waals surface area contributed by atoms with Gasteiger partial charge in [0.15, 0.2) is 6.10 Å². The summed E-state index contributed by atoms with van der Waals surface area (Å²) in [5, 5.41) is 25.8. The summed E-state index contributed by atoms with van der Waals surface area (Å²) in [6, 6.07) is 3.04. The fraction of sp³-hybridized carbons (Fsp3) is 0.500. The highest BCUT2D eigenvalue weighted by Gasteiger charge is 2.52. The van der Waals surface area contributed by atoms with Crippen molar-refractivity contribution in [3.05, 3.63) is 33.7 Å². The number of aliphatic hydroxyl groups excluding tert-OH is 1. The molecule has 1 amide bonds. The monoisotopic (exact) mass is 532 g/mol. The molecule has 1 aromatic heterocycles. The molecule has 1 aliphatic rings. The number of hydrogen-bond donors (Lipinski definition) is 3. The number of ether oxygens (including phenoxy) is 3. The van der Waals surface area contributed by atoms with Crippen LogP contribution in [-0.4, -0.2) is 59.8 Å². The molecule has 0 radical (unpaired) electrons. The maximum atomic E-state index is 12.6. The van der Waals surface area contributed by atoms with E-state index in [-0.39, 0.29) is 40.4 Å². The van der Waals surface area contributed by atoms with E-state index in [0.717, 1.165) is 0 Å². The molecule has 12 heteroatoms. The average molecular weight is 533 g/mol. The zero-order valence-electron chi connectivity index (χ0n) is 22.1. The Bertz CT molecular complexity index is 1310. The number of hydroxylamine groups is 1. The highest BCUT2D eigenvalue weighted by Crippen LogP contribution is 2.40. The molecule has 0 saturated carbocycles. The topological polar surface area (TPSA) is 158 Å². The number of rotatable bonds is 8. The fourth-order valence-electron chi connectivity index (χ4n) is 4.32. The first-order valence-corrected chi connectivity index (χ1v) is 11.9. The van der Waals surface area contributed by atoms with Gasteiger partial charge in [0.1, 0.15) is 42.5 Å². The van der Waals surface area contributed by atoms with E-state index >= 15 is 0 Å². The first-order valence-electron chi connectivity index (χ1n) is 11.9. The smallest absolute Gasteiger partial charge is 0.431 e. The van der Waals surface area contributed by atoms with E-state index < -0.39 is 41.7 Å². The lowest BCUT2D eigenvalue weighted by Crippen LogP contribution is -2.62. The molecule has 0 aliphatic carbocycles. The standard InChI is InChI=1S/C26H32N2O10/c1-8-12-34-28-25(32)37-22-14(4)26(6,9-2)38-24(20(22)30)35-17-11-10-16-19(29)18(15(5)27-33-7)23(31)36-21(16)13(17)3/h1,10-11,14,20,22,24,29-30H,9,12H2,2-7H3,(H,28,32)/b27-15+/t14-,20-,22-,24?,26+/m1/s1. The Kier molecular flexibility index (Phi) is 8.88. The van der Waals surface area contributed by atoms with Gasteiger partial charge >= 0.3 is 11.7 Å². The number of carbonyl (C=O) groups excluding carboxylic acids is 1. The minimum absolute atomic E-state index is 0.0775. The Balaban J connectivity index is 1.95. The summed E-state index contributed by atoms with van der Waals surface area (Å²) in [7, 11) is 1.32. The molecule has 3 N–H and O–H groups in total. The van der Waals surface area contributed by atoms with Crippen molar-refractivity contribution in [1.82, 2.24) is 5.48 Å². The van der Waals surface area contributed by atoms with Gasteiger partial charge in [-0.15, -0.1) is 6.42 Å². The third kappa shape index (κ3) is 5.55. The molecule has 2 aromatic rings. The number of fused-ring (bicyclic) bond motifs is 1. The van der Waals surface area contributed by atoms with Crippen LogP contribution < -0.4 is 15.8 Å². The van der Waals surface area contributed by atoms with Crippen molar-refractivity contribution in [2.75, 3.05) is 13.7 Å². The molecule has 1 unspecified atom stereocenters. The Morgan fingerprint density at radius 3 is 2.71 bits per heavy atom. The van der Waals surface area contributed by atoms with E-state index in [4.69, 9.17) is 34.7 Å². The third-order valence-corrected chi connectivity index (χ3v) is 6.79. The molecule has 0 bridgehead atoms. The first-order chi connectivity index (χ1) is 18.0. The predicted molar refractivity (Wildman–Crippen MR) is 136 cm³/mol. The number of amides is 1. The van der Waals surface area contributed by atoms with Gasteiger partial charge in [0.25, 0.3) is 0 Å². The Morgan fingerprint density at radius 1 is 1.37 bits per heavy atom. The van der Waals surface area contributed by atoms with E-state index in [0.29, 0.717) is 12.0 Å². The van der Waals surface area contributed by atoms with E-state index in [1.54, 1.807) is 13.8 Å². The van der Waals surface area contributed by atoms with Crippen LogP contribution in [0.1, 0.15) is 45.2 Å². The molecule has 1 aromatic carbocycles. The number of terminal acetylenes is 1. The maximum Gasteiger partial charge on any atom is 0.431 e. The number of nitrogens with zero attached hydrogens (tertiary/aromatic N) is 1. The van der Waals surface area contributed by atoms with Crippen LogP contribution in [-0.2, 0) is 19.1 Å². The number of aromatic hydroxyl groups is 1. The normalized spacial score (nSPS) is 25.5. The summed E-state index contributed by atoms with van der Waals surface area (Å²) in [4.78, 5) is 34.3. The largest absolute Gasteiger partial charge is 0.506 e. The van der Waals surface area contributed by atoms with E-state index in [1.165, 1.54) is 26.2 Å². The lowest BCUT2D eigenvalue weighted by Gasteiger charge is -2.48. The molecule has 38 heavy (non-hydrogen) atoms. The minimum Gasteiger partial charge on any atom is -0.506 e. The number of carbonyl (C=O) groups is 1. The second-order valence-electron chi connectivity index (χ2n) is 9.05. The van der Waals surface area contributed by atoms with Crippen LogP contribution in [0.4, 0.5) is 4.79 Å². The Morgan fingerprint density at radius 2 is 2.08 bits per heavy atom. The number of aliphatic hydroxyl groups is 1. The molecular weight excluding hydrogens is 500 g/mol. The van der Waals surface area contributed by atoms with Gasteiger partial charge in [-0.25, -0.2) is 9.59 Å². The van der Waals surface area contributed by atoms with Crippen LogP contribution in [0.15, 0.2) is 26.5 Å². The summed E-state index contributed by atoms with van der Waals surface area (Å²) < 4.78 is 23.1. The highest BCUT2D eigenvalue weighted by atomic mass is 16.7. The Labute approximate surface area is 219 Å². The van der Waals surface area contributed by atoms with Crippen LogP contribution >= 0.6 is 0 Å². The Hall–Kier alpha value is -3.79. The first kappa shape index (κ1) is 28.8.